The third-order valence-corrected chi connectivity index (χ3v) is 3.31. The third-order valence-electron chi connectivity index (χ3n) is 3.31. The summed E-state index contributed by atoms with van der Waals surface area (Å²) in [5, 5.41) is 29.1. The van der Waals surface area contributed by atoms with Crippen molar-refractivity contribution in [3.63, 3.8) is 0 Å². The van der Waals surface area contributed by atoms with Crippen LogP contribution in [0.3, 0.4) is 0 Å². The van der Waals surface area contributed by atoms with E-state index in [1.54, 1.807) is 13.1 Å². The van der Waals surface area contributed by atoms with Gasteiger partial charge in [-0.05, 0) is 6.92 Å². The number of nitrogens with zero attached hydrogens (tertiary/aromatic N) is 2. The molecule has 0 radical (unpaired) electrons. The zero-order chi connectivity index (χ0) is 13.8. The smallest absolute Gasteiger partial charge is 0.141 e. The van der Waals surface area contributed by atoms with Gasteiger partial charge in [0, 0.05) is 37.0 Å². The first-order chi connectivity index (χ1) is 9.11. The highest BCUT2D eigenvalue weighted by atomic mass is 16.5. The van der Waals surface area contributed by atoms with Gasteiger partial charge < -0.3 is 20.1 Å². The lowest BCUT2D eigenvalue weighted by Gasteiger charge is -2.23. The zero-order valence-corrected chi connectivity index (χ0v) is 11.0. The van der Waals surface area contributed by atoms with E-state index in [9.17, 15) is 15.3 Å². The summed E-state index contributed by atoms with van der Waals surface area (Å²) in [5.41, 5.74) is 1.82. The molecule has 6 heteroatoms. The maximum absolute atomic E-state index is 10.1. The standard InChI is InChI=1S/C13H20N2O4/c1-9-13(18)12(10(7-16)4-14-9)6-15-2-3-19-8-11(17)5-15/h4,11,16-18H,2-3,5-8H2,1H3. The summed E-state index contributed by atoms with van der Waals surface area (Å²) in [4.78, 5) is 6.04. The minimum atomic E-state index is -0.523. The van der Waals surface area contributed by atoms with Crippen LogP contribution in [0, 0.1) is 6.92 Å². The quantitative estimate of drug-likeness (QED) is 0.703. The average molecular weight is 268 g/mol. The average Bonchev–Trinajstić information content (AvgIpc) is 2.60. The van der Waals surface area contributed by atoms with Crippen LogP contribution in [0.25, 0.3) is 0 Å². The first kappa shape index (κ1) is 14.2. The van der Waals surface area contributed by atoms with Crippen molar-refractivity contribution < 1.29 is 20.1 Å². The van der Waals surface area contributed by atoms with E-state index in [1.807, 2.05) is 4.90 Å². The van der Waals surface area contributed by atoms with E-state index in [-0.39, 0.29) is 12.4 Å². The van der Waals surface area contributed by atoms with E-state index in [1.165, 1.54) is 0 Å². The van der Waals surface area contributed by atoms with Gasteiger partial charge in [-0.2, -0.15) is 0 Å². The monoisotopic (exact) mass is 268 g/mol. The molecule has 1 aromatic rings. The van der Waals surface area contributed by atoms with Crippen molar-refractivity contribution in [3.05, 3.63) is 23.0 Å². The summed E-state index contributed by atoms with van der Waals surface area (Å²) < 4.78 is 5.27. The highest BCUT2D eigenvalue weighted by Crippen LogP contribution is 2.25. The second-order valence-electron chi connectivity index (χ2n) is 4.82. The molecule has 1 unspecified atom stereocenters. The van der Waals surface area contributed by atoms with Crippen molar-refractivity contribution in [1.82, 2.24) is 9.88 Å². The molecule has 1 aliphatic rings. The lowest BCUT2D eigenvalue weighted by atomic mass is 10.1. The summed E-state index contributed by atoms with van der Waals surface area (Å²) in [6.45, 7) is 4.09. The zero-order valence-electron chi connectivity index (χ0n) is 11.0. The first-order valence-electron chi connectivity index (χ1n) is 6.37. The number of hydrogen-bond acceptors (Lipinski definition) is 6. The fourth-order valence-corrected chi connectivity index (χ4v) is 2.22. The number of aliphatic hydroxyl groups excluding tert-OH is 2. The summed E-state index contributed by atoms with van der Waals surface area (Å²) in [6, 6.07) is 0. The van der Waals surface area contributed by atoms with Gasteiger partial charge in [0.2, 0.25) is 0 Å². The van der Waals surface area contributed by atoms with E-state index in [0.29, 0.717) is 49.7 Å². The molecule has 0 bridgehead atoms. The van der Waals surface area contributed by atoms with Crippen LogP contribution in [0.2, 0.25) is 0 Å². The van der Waals surface area contributed by atoms with Gasteiger partial charge in [0.25, 0.3) is 0 Å². The summed E-state index contributed by atoms with van der Waals surface area (Å²) in [5.74, 6) is 0.117. The van der Waals surface area contributed by atoms with Crippen LogP contribution in [0.4, 0.5) is 0 Å². The molecule has 2 heterocycles. The fraction of sp³-hybridized carbons (Fsp3) is 0.615. The Morgan fingerprint density at radius 1 is 1.53 bits per heavy atom. The Bertz CT molecular complexity index is 439. The number of hydrogen-bond donors (Lipinski definition) is 3. The number of aromatic hydroxyl groups is 1. The number of pyridine rings is 1. The number of rotatable bonds is 3. The SMILES string of the molecule is Cc1ncc(CO)c(CN2CCOCC(O)C2)c1O. The molecule has 1 aromatic heterocycles. The second kappa shape index (κ2) is 6.29. The lowest BCUT2D eigenvalue weighted by Crippen LogP contribution is -2.32. The predicted molar refractivity (Wildman–Crippen MR) is 68.7 cm³/mol. The van der Waals surface area contributed by atoms with Crippen molar-refractivity contribution in [3.8, 4) is 5.75 Å². The van der Waals surface area contributed by atoms with Crippen LogP contribution < -0.4 is 0 Å². The van der Waals surface area contributed by atoms with Crippen LogP contribution in [0.15, 0.2) is 6.20 Å². The molecule has 1 atom stereocenters. The van der Waals surface area contributed by atoms with Gasteiger partial charge in [-0.3, -0.25) is 9.88 Å². The molecule has 2 rings (SSSR count). The van der Waals surface area contributed by atoms with Crippen molar-refractivity contribution in [1.29, 1.82) is 0 Å². The minimum absolute atomic E-state index is 0.117. The Kier molecular flexibility index (Phi) is 4.71. The van der Waals surface area contributed by atoms with Gasteiger partial charge >= 0.3 is 0 Å². The predicted octanol–water partition coefficient (Wildman–Crippen LogP) is -0.219. The number of β-amino-alcohol motifs (C(OH)–C–C–N with tert-alkyl or cyclic N) is 1. The van der Waals surface area contributed by atoms with E-state index in [0.717, 1.165) is 0 Å². The van der Waals surface area contributed by atoms with Crippen LogP contribution in [-0.2, 0) is 17.9 Å². The Hall–Kier alpha value is -1.21. The topological polar surface area (TPSA) is 86.1 Å². The van der Waals surface area contributed by atoms with E-state index in [2.05, 4.69) is 4.98 Å². The molecule has 106 valence electrons. The van der Waals surface area contributed by atoms with E-state index >= 15 is 0 Å². The molecule has 0 saturated carbocycles. The number of aromatic nitrogens is 1. The molecule has 1 fully saturated rings. The molecule has 0 spiro atoms. The molecule has 3 N–H and O–H groups in total. The fourth-order valence-electron chi connectivity index (χ4n) is 2.22. The molecule has 19 heavy (non-hydrogen) atoms. The highest BCUT2D eigenvalue weighted by molar-refractivity contribution is 5.40. The van der Waals surface area contributed by atoms with Crippen molar-refractivity contribution >= 4 is 0 Å². The van der Waals surface area contributed by atoms with E-state index < -0.39 is 6.10 Å². The molecule has 6 nitrogen and oxygen atoms in total. The molecular weight excluding hydrogens is 248 g/mol. The third kappa shape index (κ3) is 3.42. The largest absolute Gasteiger partial charge is 0.506 e. The van der Waals surface area contributed by atoms with Gasteiger partial charge in [-0.1, -0.05) is 0 Å². The van der Waals surface area contributed by atoms with Gasteiger partial charge in [0.15, 0.2) is 0 Å². The highest BCUT2D eigenvalue weighted by Gasteiger charge is 2.20. The maximum atomic E-state index is 10.1. The van der Waals surface area contributed by atoms with Crippen LogP contribution in [0.5, 0.6) is 5.75 Å². The molecule has 0 aliphatic carbocycles. The van der Waals surface area contributed by atoms with Crippen molar-refractivity contribution in [2.24, 2.45) is 0 Å². The lowest BCUT2D eigenvalue weighted by molar-refractivity contribution is 0.0561. The van der Waals surface area contributed by atoms with Crippen LogP contribution in [-0.4, -0.2) is 57.6 Å². The molecule has 0 amide bonds. The molecule has 1 saturated heterocycles. The number of ether oxygens (including phenoxy) is 1. The maximum Gasteiger partial charge on any atom is 0.141 e. The molecular formula is C13H20N2O4. The van der Waals surface area contributed by atoms with Crippen molar-refractivity contribution in [2.75, 3.05) is 26.3 Å². The van der Waals surface area contributed by atoms with Gasteiger partial charge in [-0.25, -0.2) is 0 Å². The van der Waals surface area contributed by atoms with Crippen LogP contribution >= 0.6 is 0 Å². The summed E-state index contributed by atoms with van der Waals surface area (Å²) in [7, 11) is 0. The minimum Gasteiger partial charge on any atom is -0.506 e. The summed E-state index contributed by atoms with van der Waals surface area (Å²) >= 11 is 0. The molecule has 0 aromatic carbocycles. The van der Waals surface area contributed by atoms with Crippen molar-refractivity contribution in [2.45, 2.75) is 26.2 Å². The Morgan fingerprint density at radius 2 is 2.32 bits per heavy atom. The molecule has 1 aliphatic heterocycles. The Balaban J connectivity index is 2.19. The Morgan fingerprint density at radius 3 is 3.05 bits per heavy atom. The van der Waals surface area contributed by atoms with Gasteiger partial charge in [-0.15, -0.1) is 0 Å². The first-order valence-corrected chi connectivity index (χ1v) is 6.37. The number of aliphatic hydroxyl groups is 2. The second-order valence-corrected chi connectivity index (χ2v) is 4.82. The summed E-state index contributed by atoms with van der Waals surface area (Å²) in [6.07, 6.45) is 1.06. The van der Waals surface area contributed by atoms with E-state index in [4.69, 9.17) is 4.74 Å². The number of aryl methyl sites for hydroxylation is 1. The van der Waals surface area contributed by atoms with Crippen LogP contribution in [0.1, 0.15) is 16.8 Å². The van der Waals surface area contributed by atoms with Gasteiger partial charge in [0.1, 0.15) is 5.75 Å². The Labute approximate surface area is 112 Å². The van der Waals surface area contributed by atoms with Gasteiger partial charge in [0.05, 0.1) is 31.6 Å². The normalized spacial score (nSPS) is 21.3.